The molecule has 4 heteroatoms. The Labute approximate surface area is 358 Å². The van der Waals surface area contributed by atoms with Gasteiger partial charge in [0, 0.05) is 33.4 Å². The van der Waals surface area contributed by atoms with E-state index in [-0.39, 0.29) is 0 Å². The fourth-order valence-corrected chi connectivity index (χ4v) is 8.99. The first-order chi connectivity index (χ1) is 30.7. The molecule has 12 aromatic rings. The summed E-state index contributed by atoms with van der Waals surface area (Å²) in [6.45, 7) is 0. The summed E-state index contributed by atoms with van der Waals surface area (Å²) >= 11 is 0. The highest BCUT2D eigenvalue weighted by molar-refractivity contribution is 6.10. The number of hydrogen-bond donors (Lipinski definition) is 0. The lowest BCUT2D eigenvalue weighted by Gasteiger charge is -2.14. The van der Waals surface area contributed by atoms with Gasteiger partial charge in [-0.2, -0.15) is 0 Å². The smallest absolute Gasteiger partial charge is 0.161 e. The molecule has 62 heavy (non-hydrogen) atoms. The van der Waals surface area contributed by atoms with Crippen molar-refractivity contribution >= 4 is 53.9 Å². The van der Waals surface area contributed by atoms with E-state index >= 15 is 0 Å². The van der Waals surface area contributed by atoms with Crippen molar-refractivity contribution in [2.75, 3.05) is 0 Å². The van der Waals surface area contributed by atoms with Gasteiger partial charge in [0.2, 0.25) is 0 Å². The Bertz CT molecular complexity index is 3450. The van der Waals surface area contributed by atoms with Crippen LogP contribution in [0.25, 0.3) is 122 Å². The van der Waals surface area contributed by atoms with Gasteiger partial charge in [-0.25, -0.2) is 19.9 Å². The molecule has 0 radical (unpaired) electrons. The van der Waals surface area contributed by atoms with Gasteiger partial charge in [0.1, 0.15) is 0 Å². The van der Waals surface area contributed by atoms with Crippen LogP contribution in [0.15, 0.2) is 218 Å². The second-order valence-electron chi connectivity index (χ2n) is 15.8. The molecule has 0 spiro atoms. The molecule has 0 fully saturated rings. The lowest BCUT2D eigenvalue weighted by atomic mass is 9.97. The Morgan fingerprint density at radius 1 is 0.210 bits per heavy atom. The van der Waals surface area contributed by atoms with E-state index in [0.29, 0.717) is 11.6 Å². The van der Waals surface area contributed by atoms with Crippen LogP contribution < -0.4 is 0 Å². The Hall–Kier alpha value is -8.34. The Morgan fingerprint density at radius 3 is 1.02 bits per heavy atom. The van der Waals surface area contributed by atoms with E-state index in [9.17, 15) is 0 Å². The quantitative estimate of drug-likeness (QED) is 0.158. The molecule has 0 amide bonds. The first kappa shape index (κ1) is 35.6. The molecular formula is C58H36N4. The lowest BCUT2D eigenvalue weighted by molar-refractivity contribution is 1.18. The van der Waals surface area contributed by atoms with Gasteiger partial charge in [0.15, 0.2) is 11.6 Å². The first-order valence-corrected chi connectivity index (χ1v) is 21.0. The monoisotopic (exact) mass is 788 g/mol. The third-order valence-electron chi connectivity index (χ3n) is 12.1. The van der Waals surface area contributed by atoms with Gasteiger partial charge in [-0.15, -0.1) is 0 Å². The number of rotatable bonds is 6. The molecule has 0 aliphatic carbocycles. The summed E-state index contributed by atoms with van der Waals surface area (Å²) in [6, 6.07) is 76.9. The normalized spacial score (nSPS) is 11.5. The van der Waals surface area contributed by atoms with Crippen molar-refractivity contribution in [1.29, 1.82) is 0 Å². The fourth-order valence-electron chi connectivity index (χ4n) is 8.99. The minimum absolute atomic E-state index is 0.658. The van der Waals surface area contributed by atoms with E-state index in [4.69, 9.17) is 19.9 Å². The molecule has 4 nitrogen and oxygen atoms in total. The SMILES string of the molecule is c1ccc(-c2cc(-c3ccc4c(ccc5ccccc54)c3)nc(-c3cccc4c(-c5nc(-c6ccccc6)cc(-c6ccc7c(ccc8ccccc87)c6)n5)cccc34)n2)cc1. The third kappa shape index (κ3) is 6.25. The molecule has 0 atom stereocenters. The summed E-state index contributed by atoms with van der Waals surface area (Å²) in [6.07, 6.45) is 0. The molecule has 0 unspecified atom stereocenters. The predicted octanol–water partition coefficient (Wildman–Crippen LogP) is 15.0. The lowest BCUT2D eigenvalue weighted by Crippen LogP contribution is -1.98. The molecule has 0 bridgehead atoms. The summed E-state index contributed by atoms with van der Waals surface area (Å²) in [5.74, 6) is 1.32. The van der Waals surface area contributed by atoms with Crippen LogP contribution in [0.1, 0.15) is 0 Å². The van der Waals surface area contributed by atoms with Crippen LogP contribution >= 0.6 is 0 Å². The molecule has 0 N–H and O–H groups in total. The van der Waals surface area contributed by atoms with Crippen molar-refractivity contribution < 1.29 is 0 Å². The van der Waals surface area contributed by atoms with Crippen LogP contribution in [0, 0.1) is 0 Å². The molecule has 0 aliphatic rings. The van der Waals surface area contributed by atoms with Gasteiger partial charge in [-0.3, -0.25) is 0 Å². The van der Waals surface area contributed by atoms with Crippen molar-refractivity contribution in [2.24, 2.45) is 0 Å². The largest absolute Gasteiger partial charge is 0.228 e. The number of benzene rings is 10. The van der Waals surface area contributed by atoms with E-state index in [1.807, 2.05) is 12.1 Å². The van der Waals surface area contributed by atoms with Crippen LogP contribution in [0.4, 0.5) is 0 Å². The van der Waals surface area contributed by atoms with E-state index in [1.54, 1.807) is 0 Å². The van der Waals surface area contributed by atoms with E-state index < -0.39 is 0 Å². The van der Waals surface area contributed by atoms with Crippen molar-refractivity contribution in [1.82, 2.24) is 19.9 Å². The van der Waals surface area contributed by atoms with Gasteiger partial charge in [0.25, 0.3) is 0 Å². The zero-order valence-corrected chi connectivity index (χ0v) is 33.6. The summed E-state index contributed by atoms with van der Waals surface area (Å²) in [7, 11) is 0. The zero-order chi connectivity index (χ0) is 41.0. The third-order valence-corrected chi connectivity index (χ3v) is 12.1. The van der Waals surface area contributed by atoms with Crippen molar-refractivity contribution in [3.63, 3.8) is 0 Å². The zero-order valence-electron chi connectivity index (χ0n) is 33.6. The minimum Gasteiger partial charge on any atom is -0.228 e. The molecular weight excluding hydrogens is 753 g/mol. The van der Waals surface area contributed by atoms with Gasteiger partial charge in [-0.1, -0.05) is 194 Å². The summed E-state index contributed by atoms with van der Waals surface area (Å²) in [4.78, 5) is 21.2. The summed E-state index contributed by atoms with van der Waals surface area (Å²) in [5, 5.41) is 11.8. The Morgan fingerprint density at radius 2 is 0.565 bits per heavy atom. The van der Waals surface area contributed by atoms with Gasteiger partial charge < -0.3 is 0 Å². The van der Waals surface area contributed by atoms with Gasteiger partial charge >= 0.3 is 0 Å². The number of aromatic nitrogens is 4. The highest BCUT2D eigenvalue weighted by Crippen LogP contribution is 2.38. The summed E-state index contributed by atoms with van der Waals surface area (Å²) in [5.41, 5.74) is 9.48. The second-order valence-corrected chi connectivity index (χ2v) is 15.8. The molecule has 288 valence electrons. The van der Waals surface area contributed by atoms with Gasteiger partial charge in [0.05, 0.1) is 22.8 Å². The van der Waals surface area contributed by atoms with Crippen LogP contribution in [0.2, 0.25) is 0 Å². The van der Waals surface area contributed by atoms with E-state index in [0.717, 1.165) is 66.9 Å². The molecule has 0 saturated carbocycles. The summed E-state index contributed by atoms with van der Waals surface area (Å²) < 4.78 is 0. The van der Waals surface area contributed by atoms with E-state index in [1.165, 1.54) is 43.1 Å². The highest BCUT2D eigenvalue weighted by Gasteiger charge is 2.18. The maximum absolute atomic E-state index is 5.33. The Kier molecular flexibility index (Phi) is 8.46. The second kappa shape index (κ2) is 14.7. The van der Waals surface area contributed by atoms with Crippen LogP contribution in [-0.2, 0) is 0 Å². The average Bonchev–Trinajstić information content (AvgIpc) is 3.35. The minimum atomic E-state index is 0.658. The van der Waals surface area contributed by atoms with Crippen LogP contribution in [0.3, 0.4) is 0 Å². The van der Waals surface area contributed by atoms with Gasteiger partial charge in [-0.05, 0) is 78.1 Å². The van der Waals surface area contributed by atoms with Crippen LogP contribution in [-0.4, -0.2) is 19.9 Å². The molecule has 12 rings (SSSR count). The Balaban J connectivity index is 1.02. The molecule has 2 heterocycles. The van der Waals surface area contributed by atoms with Crippen molar-refractivity contribution in [3.8, 4) is 67.8 Å². The van der Waals surface area contributed by atoms with Crippen molar-refractivity contribution in [3.05, 3.63) is 218 Å². The molecule has 2 aromatic heterocycles. The number of fused-ring (bicyclic) bond motifs is 7. The number of hydrogen-bond acceptors (Lipinski definition) is 4. The number of nitrogens with zero attached hydrogens (tertiary/aromatic N) is 4. The average molecular weight is 789 g/mol. The molecule has 10 aromatic carbocycles. The topological polar surface area (TPSA) is 51.6 Å². The van der Waals surface area contributed by atoms with E-state index in [2.05, 4.69) is 206 Å². The first-order valence-electron chi connectivity index (χ1n) is 21.0. The predicted molar refractivity (Wildman–Crippen MR) is 258 cm³/mol. The molecule has 0 aliphatic heterocycles. The maximum Gasteiger partial charge on any atom is 0.161 e. The maximum atomic E-state index is 5.33. The highest BCUT2D eigenvalue weighted by atomic mass is 14.9. The fraction of sp³-hybridized carbons (Fsp3) is 0. The van der Waals surface area contributed by atoms with Crippen LogP contribution in [0.5, 0.6) is 0 Å². The van der Waals surface area contributed by atoms with Crippen molar-refractivity contribution in [2.45, 2.75) is 0 Å². The molecule has 0 saturated heterocycles. The standard InChI is InChI=1S/C58H36N4/c1-3-15-39(16-4-1)53-35-55(43-29-31-47-41(33-43)27-25-37-13-7-9-19-45(37)47)61-57(59-53)51-23-11-22-50-49(51)21-12-24-52(50)58-60-54(40-17-5-2-6-18-40)36-56(62-58)44-30-32-48-42(34-44)28-26-38-14-8-10-20-46(38)48/h1-36H.